The number of nitrogens with zero attached hydrogens (tertiary/aromatic N) is 4. The molecule has 8 heteroatoms. The third-order valence-corrected chi connectivity index (χ3v) is 3.53. The molecule has 0 fully saturated rings. The fourth-order valence-electron chi connectivity index (χ4n) is 2.39. The van der Waals surface area contributed by atoms with E-state index in [1.54, 1.807) is 29.6 Å². The lowest BCUT2D eigenvalue weighted by atomic mass is 10.2. The van der Waals surface area contributed by atoms with Gasteiger partial charge in [0.2, 0.25) is 5.91 Å². The molecule has 1 aromatic carbocycles. The van der Waals surface area contributed by atoms with E-state index >= 15 is 0 Å². The van der Waals surface area contributed by atoms with E-state index in [0.29, 0.717) is 22.7 Å². The van der Waals surface area contributed by atoms with E-state index in [-0.39, 0.29) is 24.4 Å². The molecule has 2 aromatic heterocycles. The minimum absolute atomic E-state index is 0.133. The predicted octanol–water partition coefficient (Wildman–Crippen LogP) is 1.48. The van der Waals surface area contributed by atoms with Gasteiger partial charge in [0.25, 0.3) is 5.56 Å². The van der Waals surface area contributed by atoms with Crippen molar-refractivity contribution in [1.29, 1.82) is 0 Å². The van der Waals surface area contributed by atoms with Crippen molar-refractivity contribution in [2.45, 2.75) is 13.0 Å². The summed E-state index contributed by atoms with van der Waals surface area (Å²) >= 11 is 0. The average Bonchev–Trinajstić information content (AvgIpc) is 3.06. The van der Waals surface area contributed by atoms with Gasteiger partial charge < -0.3 is 19.3 Å². The van der Waals surface area contributed by atoms with Crippen molar-refractivity contribution in [2.24, 2.45) is 0 Å². The first-order valence-electron chi connectivity index (χ1n) is 7.43. The molecule has 1 amide bonds. The molecule has 8 nitrogen and oxygen atoms in total. The second kappa shape index (κ2) is 6.53. The first-order valence-corrected chi connectivity index (χ1v) is 7.43. The number of aromatic nitrogens is 3. The lowest BCUT2D eigenvalue weighted by molar-refractivity contribution is -0.116. The molecule has 0 aliphatic heterocycles. The van der Waals surface area contributed by atoms with E-state index in [1.165, 1.54) is 6.26 Å². The van der Waals surface area contributed by atoms with Gasteiger partial charge in [0.15, 0.2) is 11.6 Å². The minimum atomic E-state index is -0.247. The summed E-state index contributed by atoms with van der Waals surface area (Å²) in [4.78, 5) is 30.7. The van der Waals surface area contributed by atoms with E-state index in [9.17, 15) is 9.59 Å². The topological polar surface area (TPSA) is 93.3 Å². The summed E-state index contributed by atoms with van der Waals surface area (Å²) in [6, 6.07) is 8.91. The largest absolute Gasteiger partial charge is 0.363 e. The van der Waals surface area contributed by atoms with Crippen LogP contribution in [0.1, 0.15) is 6.42 Å². The Morgan fingerprint density at radius 3 is 2.79 bits per heavy atom. The van der Waals surface area contributed by atoms with Crippen molar-refractivity contribution >= 4 is 28.6 Å². The molecule has 0 saturated heterocycles. The molecule has 0 unspecified atom stereocenters. The molecule has 0 saturated carbocycles. The van der Waals surface area contributed by atoms with Crippen molar-refractivity contribution in [2.75, 3.05) is 24.3 Å². The van der Waals surface area contributed by atoms with Gasteiger partial charge in [-0.25, -0.2) is 4.98 Å². The molecule has 3 aromatic rings. The normalized spacial score (nSPS) is 10.8. The molecule has 0 aliphatic rings. The minimum Gasteiger partial charge on any atom is -0.363 e. The summed E-state index contributed by atoms with van der Waals surface area (Å²) in [5.74, 6) is 0.439. The number of hydrogen-bond acceptors (Lipinski definition) is 6. The fraction of sp³-hybridized carbons (Fsp3) is 0.250. The van der Waals surface area contributed by atoms with Crippen LogP contribution in [0.5, 0.6) is 0 Å². The van der Waals surface area contributed by atoms with Crippen LogP contribution in [0.25, 0.3) is 11.0 Å². The van der Waals surface area contributed by atoms with Crippen LogP contribution in [0.2, 0.25) is 0 Å². The van der Waals surface area contributed by atoms with Crippen LogP contribution in [-0.2, 0) is 11.3 Å². The van der Waals surface area contributed by atoms with Gasteiger partial charge in [-0.15, -0.1) is 0 Å². The van der Waals surface area contributed by atoms with Crippen molar-refractivity contribution in [1.82, 2.24) is 14.7 Å². The Labute approximate surface area is 137 Å². The van der Waals surface area contributed by atoms with Crippen molar-refractivity contribution in [3.8, 4) is 0 Å². The number of fused-ring (bicyclic) bond motifs is 1. The number of anilines is 2. The lowest BCUT2D eigenvalue weighted by Gasteiger charge is -2.15. The number of benzene rings is 1. The van der Waals surface area contributed by atoms with Crippen LogP contribution in [-0.4, -0.2) is 34.7 Å². The molecule has 3 rings (SSSR count). The summed E-state index contributed by atoms with van der Waals surface area (Å²) in [7, 11) is 3.53. The smallest absolute Gasteiger partial charge is 0.293 e. The maximum absolute atomic E-state index is 12.7. The molecule has 24 heavy (non-hydrogen) atoms. The average molecular weight is 327 g/mol. The van der Waals surface area contributed by atoms with E-state index in [1.807, 2.05) is 24.3 Å². The Kier molecular flexibility index (Phi) is 4.28. The van der Waals surface area contributed by atoms with Gasteiger partial charge in [-0.3, -0.25) is 9.59 Å². The summed E-state index contributed by atoms with van der Waals surface area (Å²) in [5, 5.41) is 6.24. The third kappa shape index (κ3) is 3.12. The number of hydrogen-bond donors (Lipinski definition) is 1. The number of nitrogens with one attached hydrogen (secondary N) is 1. The predicted molar refractivity (Wildman–Crippen MR) is 90.1 cm³/mol. The Morgan fingerprint density at radius 1 is 1.29 bits per heavy atom. The van der Waals surface area contributed by atoms with Crippen molar-refractivity contribution in [3.63, 3.8) is 0 Å². The lowest BCUT2D eigenvalue weighted by Crippen LogP contribution is -2.30. The van der Waals surface area contributed by atoms with E-state index < -0.39 is 0 Å². The molecule has 0 radical (unpaired) electrons. The summed E-state index contributed by atoms with van der Waals surface area (Å²) in [6.07, 6.45) is 1.51. The Morgan fingerprint density at radius 2 is 2.08 bits per heavy atom. The Hall–Kier alpha value is -3.16. The molecule has 2 heterocycles. The van der Waals surface area contributed by atoms with Crippen molar-refractivity contribution in [3.05, 3.63) is 46.9 Å². The molecule has 1 N–H and O–H groups in total. The third-order valence-electron chi connectivity index (χ3n) is 3.53. The van der Waals surface area contributed by atoms with Gasteiger partial charge in [0.05, 0.1) is 11.0 Å². The second-order valence-electron chi connectivity index (χ2n) is 5.46. The SMILES string of the molecule is CN(C)c1nc2ccccc2n(CCC(=O)Nc2ccon2)c1=O. The summed E-state index contributed by atoms with van der Waals surface area (Å²) in [6.45, 7) is 0.242. The highest BCUT2D eigenvalue weighted by molar-refractivity contribution is 5.89. The van der Waals surface area contributed by atoms with E-state index in [0.717, 1.165) is 0 Å². The molecule has 0 spiro atoms. The number of amides is 1. The standard InChI is InChI=1S/C16H17N5O3/c1-20(2)15-16(23)21(12-6-4-3-5-11(12)17-15)9-7-14(22)18-13-8-10-24-19-13/h3-6,8,10H,7,9H2,1-2H3,(H,18,19,22). The maximum atomic E-state index is 12.7. The number of rotatable bonds is 5. The number of aryl methyl sites for hydroxylation is 1. The zero-order valence-corrected chi connectivity index (χ0v) is 13.4. The van der Waals surface area contributed by atoms with Crippen molar-refractivity contribution < 1.29 is 9.32 Å². The van der Waals surface area contributed by atoms with Crippen LogP contribution in [0, 0.1) is 0 Å². The summed E-state index contributed by atoms with van der Waals surface area (Å²) in [5.41, 5.74) is 1.17. The van der Waals surface area contributed by atoms with E-state index in [2.05, 4.69) is 20.0 Å². The highest BCUT2D eigenvalue weighted by Crippen LogP contribution is 2.13. The van der Waals surface area contributed by atoms with Crippen LogP contribution >= 0.6 is 0 Å². The van der Waals surface area contributed by atoms with E-state index in [4.69, 9.17) is 0 Å². The molecular weight excluding hydrogens is 310 g/mol. The molecule has 0 atom stereocenters. The second-order valence-corrected chi connectivity index (χ2v) is 5.46. The van der Waals surface area contributed by atoms with Crippen LogP contribution in [0.15, 0.2) is 45.9 Å². The van der Waals surface area contributed by atoms with Gasteiger partial charge in [-0.05, 0) is 12.1 Å². The number of para-hydroxylation sites is 2. The molecular formula is C16H17N5O3. The van der Waals surface area contributed by atoms with Gasteiger partial charge in [-0.1, -0.05) is 17.3 Å². The van der Waals surface area contributed by atoms with Crippen LogP contribution < -0.4 is 15.8 Å². The number of carbonyl (C=O) groups excluding carboxylic acids is 1. The first-order chi connectivity index (χ1) is 11.6. The van der Waals surface area contributed by atoms with Crippen LogP contribution in [0.3, 0.4) is 0 Å². The monoisotopic (exact) mass is 327 g/mol. The Bertz CT molecular complexity index is 915. The highest BCUT2D eigenvalue weighted by Gasteiger charge is 2.13. The first kappa shape index (κ1) is 15.7. The van der Waals surface area contributed by atoms with Crippen LogP contribution in [0.4, 0.5) is 11.6 Å². The molecule has 0 bridgehead atoms. The fourth-order valence-corrected chi connectivity index (χ4v) is 2.39. The van der Waals surface area contributed by atoms with Gasteiger partial charge in [0, 0.05) is 33.1 Å². The Balaban J connectivity index is 1.89. The summed E-state index contributed by atoms with van der Waals surface area (Å²) < 4.78 is 6.23. The molecule has 124 valence electrons. The maximum Gasteiger partial charge on any atom is 0.293 e. The zero-order valence-electron chi connectivity index (χ0n) is 13.4. The zero-order chi connectivity index (χ0) is 17.1. The van der Waals surface area contributed by atoms with Gasteiger partial charge in [-0.2, -0.15) is 0 Å². The molecule has 0 aliphatic carbocycles. The number of carbonyl (C=O) groups is 1. The quantitative estimate of drug-likeness (QED) is 0.763. The van der Waals surface area contributed by atoms with Gasteiger partial charge >= 0.3 is 0 Å². The van der Waals surface area contributed by atoms with Gasteiger partial charge in [0.1, 0.15) is 6.26 Å². The highest BCUT2D eigenvalue weighted by atomic mass is 16.5.